The first-order valence-corrected chi connectivity index (χ1v) is 12.7. The summed E-state index contributed by atoms with van der Waals surface area (Å²) in [6, 6.07) is 0.423. The van der Waals surface area contributed by atoms with Gasteiger partial charge in [-0.2, -0.15) is 0 Å². The molecular formula is C27H47N. The third-order valence-corrected chi connectivity index (χ3v) is 10.3. The average molecular weight is 386 g/mol. The van der Waals surface area contributed by atoms with Gasteiger partial charge in [-0.3, -0.25) is 0 Å². The van der Waals surface area contributed by atoms with Crippen molar-refractivity contribution in [1.82, 2.24) is 0 Å². The molecule has 0 aromatic heterocycles. The Morgan fingerprint density at radius 1 is 1.00 bits per heavy atom. The van der Waals surface area contributed by atoms with E-state index in [0.29, 0.717) is 16.9 Å². The minimum Gasteiger partial charge on any atom is -0.327 e. The lowest BCUT2D eigenvalue weighted by atomic mass is 9.47. The first-order chi connectivity index (χ1) is 13.3. The van der Waals surface area contributed by atoms with Crippen LogP contribution in [0.2, 0.25) is 0 Å². The number of hydrogen-bond acceptors (Lipinski definition) is 1. The maximum atomic E-state index is 6.34. The van der Waals surface area contributed by atoms with Crippen LogP contribution in [0.5, 0.6) is 0 Å². The van der Waals surface area contributed by atoms with E-state index in [-0.39, 0.29) is 0 Å². The van der Waals surface area contributed by atoms with E-state index in [1.165, 1.54) is 70.6 Å². The Labute approximate surface area is 175 Å². The van der Waals surface area contributed by atoms with Gasteiger partial charge in [-0.25, -0.2) is 0 Å². The summed E-state index contributed by atoms with van der Waals surface area (Å²) in [6.07, 6.45) is 18.1. The fourth-order valence-corrected chi connectivity index (χ4v) is 8.71. The summed E-state index contributed by atoms with van der Waals surface area (Å²) >= 11 is 0. The second kappa shape index (κ2) is 7.75. The predicted octanol–water partition coefficient (Wildman–Crippen LogP) is 7.36. The van der Waals surface area contributed by atoms with Crippen molar-refractivity contribution < 1.29 is 0 Å². The Kier molecular flexibility index (Phi) is 5.80. The molecular weight excluding hydrogens is 338 g/mol. The highest BCUT2D eigenvalue weighted by Gasteiger charge is 2.58. The van der Waals surface area contributed by atoms with Crippen LogP contribution in [0.3, 0.4) is 0 Å². The van der Waals surface area contributed by atoms with Gasteiger partial charge in [-0.05, 0) is 97.7 Å². The van der Waals surface area contributed by atoms with Gasteiger partial charge in [-0.1, -0.05) is 65.5 Å². The lowest BCUT2D eigenvalue weighted by molar-refractivity contribution is -0.0508. The predicted molar refractivity (Wildman–Crippen MR) is 121 cm³/mol. The van der Waals surface area contributed by atoms with Gasteiger partial charge in [0.25, 0.3) is 0 Å². The molecule has 0 aromatic rings. The largest absolute Gasteiger partial charge is 0.327 e. The quantitative estimate of drug-likeness (QED) is 0.492. The second-order valence-corrected chi connectivity index (χ2v) is 12.3. The molecule has 3 saturated carbocycles. The zero-order chi connectivity index (χ0) is 20.1. The Morgan fingerprint density at radius 2 is 1.79 bits per heavy atom. The van der Waals surface area contributed by atoms with E-state index in [1.807, 2.05) is 0 Å². The molecule has 0 amide bonds. The molecule has 160 valence electrons. The minimum absolute atomic E-state index is 0.423. The molecule has 4 rings (SSSR count). The maximum absolute atomic E-state index is 6.34. The first-order valence-electron chi connectivity index (χ1n) is 12.7. The van der Waals surface area contributed by atoms with E-state index < -0.39 is 0 Å². The molecule has 1 unspecified atom stereocenters. The lowest BCUT2D eigenvalue weighted by Gasteiger charge is -2.58. The molecule has 0 bridgehead atoms. The summed E-state index contributed by atoms with van der Waals surface area (Å²) in [5, 5.41) is 0. The van der Waals surface area contributed by atoms with Crippen LogP contribution in [0, 0.1) is 46.3 Å². The molecule has 0 saturated heterocycles. The van der Waals surface area contributed by atoms with Crippen molar-refractivity contribution in [2.24, 2.45) is 52.1 Å². The lowest BCUT2D eigenvalue weighted by Crippen LogP contribution is -2.51. The maximum Gasteiger partial charge on any atom is 0.00766 e. The van der Waals surface area contributed by atoms with Gasteiger partial charge in [0.2, 0.25) is 0 Å². The van der Waals surface area contributed by atoms with Crippen molar-refractivity contribution in [1.29, 1.82) is 0 Å². The van der Waals surface area contributed by atoms with Crippen molar-refractivity contribution >= 4 is 0 Å². The summed E-state index contributed by atoms with van der Waals surface area (Å²) in [6.45, 7) is 12.7. The molecule has 3 fully saturated rings. The standard InChI is InChI=1S/C27H47N/c1-18(2)7-6-8-19(3)23-11-12-24-22-10-9-20-17-21(28)13-15-26(20,4)25(22)14-16-27(23,24)5/h9,18-19,21-25H,6-8,10-17,28H2,1-5H3/t19-,21-,22+,23?,24+,25+,26+,27-/m1/s1. The number of fused-ring (bicyclic) bond motifs is 5. The van der Waals surface area contributed by atoms with E-state index in [2.05, 4.69) is 40.7 Å². The third-order valence-electron chi connectivity index (χ3n) is 10.3. The molecule has 4 aliphatic carbocycles. The molecule has 0 aromatic carbocycles. The molecule has 28 heavy (non-hydrogen) atoms. The van der Waals surface area contributed by atoms with Crippen molar-refractivity contribution in [3.05, 3.63) is 11.6 Å². The van der Waals surface area contributed by atoms with E-state index in [0.717, 1.165) is 35.5 Å². The van der Waals surface area contributed by atoms with Gasteiger partial charge in [0.05, 0.1) is 0 Å². The van der Waals surface area contributed by atoms with Crippen LogP contribution in [-0.2, 0) is 0 Å². The van der Waals surface area contributed by atoms with Crippen molar-refractivity contribution in [3.8, 4) is 0 Å². The van der Waals surface area contributed by atoms with Crippen LogP contribution in [0.4, 0.5) is 0 Å². The number of nitrogens with two attached hydrogens (primary N) is 1. The fourth-order valence-electron chi connectivity index (χ4n) is 8.71. The van der Waals surface area contributed by atoms with Crippen LogP contribution in [0.15, 0.2) is 11.6 Å². The second-order valence-electron chi connectivity index (χ2n) is 12.3. The molecule has 8 atom stereocenters. The summed E-state index contributed by atoms with van der Waals surface area (Å²) in [5.74, 6) is 5.63. The first kappa shape index (κ1) is 21.0. The minimum atomic E-state index is 0.423. The average Bonchev–Trinajstić information content (AvgIpc) is 2.99. The van der Waals surface area contributed by atoms with E-state index in [9.17, 15) is 0 Å². The van der Waals surface area contributed by atoms with Crippen molar-refractivity contribution in [2.75, 3.05) is 0 Å². The highest BCUT2D eigenvalue weighted by atomic mass is 14.7. The number of rotatable bonds is 5. The molecule has 0 heterocycles. The summed E-state index contributed by atoms with van der Waals surface area (Å²) in [4.78, 5) is 0. The van der Waals surface area contributed by atoms with Crippen LogP contribution in [-0.4, -0.2) is 6.04 Å². The molecule has 0 spiro atoms. The van der Waals surface area contributed by atoms with Crippen LogP contribution < -0.4 is 5.73 Å². The monoisotopic (exact) mass is 385 g/mol. The molecule has 0 aliphatic heterocycles. The summed E-state index contributed by atoms with van der Waals surface area (Å²) in [7, 11) is 0. The Hall–Kier alpha value is -0.300. The zero-order valence-corrected chi connectivity index (χ0v) is 19.5. The van der Waals surface area contributed by atoms with Crippen LogP contribution in [0.25, 0.3) is 0 Å². The molecule has 1 heteroatoms. The van der Waals surface area contributed by atoms with E-state index in [4.69, 9.17) is 5.73 Å². The zero-order valence-electron chi connectivity index (χ0n) is 19.5. The van der Waals surface area contributed by atoms with Gasteiger partial charge in [0, 0.05) is 6.04 Å². The normalized spacial score (nSPS) is 46.5. The highest BCUT2D eigenvalue weighted by molar-refractivity contribution is 5.25. The summed E-state index contributed by atoms with van der Waals surface area (Å²) in [5.41, 5.74) is 9.18. The van der Waals surface area contributed by atoms with Gasteiger partial charge in [-0.15, -0.1) is 0 Å². The van der Waals surface area contributed by atoms with Crippen molar-refractivity contribution in [3.63, 3.8) is 0 Å². The van der Waals surface area contributed by atoms with Crippen molar-refractivity contribution in [2.45, 2.75) is 111 Å². The molecule has 2 N–H and O–H groups in total. The topological polar surface area (TPSA) is 26.0 Å². The smallest absolute Gasteiger partial charge is 0.00766 e. The van der Waals surface area contributed by atoms with Gasteiger partial charge < -0.3 is 5.73 Å². The van der Waals surface area contributed by atoms with Crippen LogP contribution >= 0.6 is 0 Å². The van der Waals surface area contributed by atoms with E-state index in [1.54, 1.807) is 5.57 Å². The molecule has 4 aliphatic rings. The Morgan fingerprint density at radius 3 is 2.54 bits per heavy atom. The van der Waals surface area contributed by atoms with E-state index >= 15 is 0 Å². The summed E-state index contributed by atoms with van der Waals surface area (Å²) < 4.78 is 0. The highest BCUT2D eigenvalue weighted by Crippen LogP contribution is 2.67. The fraction of sp³-hybridized carbons (Fsp3) is 0.926. The van der Waals surface area contributed by atoms with Crippen LogP contribution in [0.1, 0.15) is 105 Å². The Bertz CT molecular complexity index is 591. The van der Waals surface area contributed by atoms with Gasteiger partial charge >= 0.3 is 0 Å². The van der Waals surface area contributed by atoms with Gasteiger partial charge in [0.1, 0.15) is 0 Å². The Balaban J connectivity index is 1.49. The number of allylic oxidation sites excluding steroid dienone is 1. The number of hydrogen-bond donors (Lipinski definition) is 1. The SMILES string of the molecule is CC(C)CCC[C@@H](C)C1CC[C@H]2[C@@H]3CC=C4C[C@H](N)CC[C@]4(C)[C@H]3CC[C@]12C. The third kappa shape index (κ3) is 3.42. The van der Waals surface area contributed by atoms with Gasteiger partial charge in [0.15, 0.2) is 0 Å². The molecule has 1 nitrogen and oxygen atoms in total. The molecule has 0 radical (unpaired) electrons.